The SMILES string of the molecule is CN(C)C1CCN(c2nccc(CO)n2)CC1. The number of nitrogens with zero attached hydrogens (tertiary/aromatic N) is 4. The molecular weight excluding hydrogens is 216 g/mol. The minimum Gasteiger partial charge on any atom is -0.390 e. The number of hydrogen-bond donors (Lipinski definition) is 1. The quantitative estimate of drug-likeness (QED) is 0.828. The molecule has 0 aromatic carbocycles. The Kier molecular flexibility index (Phi) is 3.91. The average Bonchev–Trinajstić information content (AvgIpc) is 2.39. The van der Waals surface area contributed by atoms with E-state index in [4.69, 9.17) is 5.11 Å². The first-order valence-corrected chi connectivity index (χ1v) is 6.05. The highest BCUT2D eigenvalue weighted by Crippen LogP contribution is 2.18. The standard InChI is InChI=1S/C12H20N4O/c1-15(2)11-4-7-16(8-5-11)12-13-6-3-10(9-17)14-12/h3,6,11,17H,4-5,7-9H2,1-2H3. The van der Waals surface area contributed by atoms with Crippen molar-refractivity contribution in [3.8, 4) is 0 Å². The van der Waals surface area contributed by atoms with Crippen LogP contribution in [0.2, 0.25) is 0 Å². The molecule has 5 nitrogen and oxygen atoms in total. The molecule has 0 radical (unpaired) electrons. The van der Waals surface area contributed by atoms with Gasteiger partial charge < -0.3 is 14.9 Å². The summed E-state index contributed by atoms with van der Waals surface area (Å²) in [6, 6.07) is 2.41. The molecule has 1 aromatic heterocycles. The number of aliphatic hydroxyl groups is 1. The molecular formula is C12H20N4O. The van der Waals surface area contributed by atoms with Gasteiger partial charge in [-0.2, -0.15) is 0 Å². The van der Waals surface area contributed by atoms with Crippen molar-refractivity contribution in [2.75, 3.05) is 32.1 Å². The van der Waals surface area contributed by atoms with E-state index in [9.17, 15) is 0 Å². The Morgan fingerprint density at radius 1 is 1.41 bits per heavy atom. The van der Waals surface area contributed by atoms with Gasteiger partial charge in [0.05, 0.1) is 12.3 Å². The number of aliphatic hydroxyl groups excluding tert-OH is 1. The molecule has 2 heterocycles. The summed E-state index contributed by atoms with van der Waals surface area (Å²) in [6.45, 7) is 1.94. The van der Waals surface area contributed by atoms with Crippen molar-refractivity contribution >= 4 is 5.95 Å². The number of piperidine rings is 1. The summed E-state index contributed by atoms with van der Waals surface area (Å²) >= 11 is 0. The zero-order valence-corrected chi connectivity index (χ0v) is 10.5. The summed E-state index contributed by atoms with van der Waals surface area (Å²) < 4.78 is 0. The first-order chi connectivity index (χ1) is 8.20. The van der Waals surface area contributed by atoms with Crippen LogP contribution in [-0.4, -0.2) is 53.2 Å². The Labute approximate surface area is 102 Å². The van der Waals surface area contributed by atoms with Crippen LogP contribution >= 0.6 is 0 Å². The zero-order chi connectivity index (χ0) is 12.3. The first kappa shape index (κ1) is 12.3. The monoisotopic (exact) mass is 236 g/mol. The summed E-state index contributed by atoms with van der Waals surface area (Å²) in [5.41, 5.74) is 0.685. The summed E-state index contributed by atoms with van der Waals surface area (Å²) in [4.78, 5) is 13.1. The Morgan fingerprint density at radius 3 is 2.71 bits per heavy atom. The van der Waals surface area contributed by atoms with Crippen molar-refractivity contribution in [2.45, 2.75) is 25.5 Å². The third-order valence-corrected chi connectivity index (χ3v) is 3.34. The molecule has 0 unspecified atom stereocenters. The van der Waals surface area contributed by atoms with Gasteiger partial charge in [-0.1, -0.05) is 0 Å². The molecule has 0 amide bonds. The fourth-order valence-electron chi connectivity index (χ4n) is 2.21. The van der Waals surface area contributed by atoms with E-state index >= 15 is 0 Å². The van der Waals surface area contributed by atoms with E-state index < -0.39 is 0 Å². The van der Waals surface area contributed by atoms with Gasteiger partial charge in [-0.15, -0.1) is 0 Å². The van der Waals surface area contributed by atoms with Crippen molar-refractivity contribution < 1.29 is 5.11 Å². The number of anilines is 1. The largest absolute Gasteiger partial charge is 0.390 e. The van der Waals surface area contributed by atoms with Crippen LogP contribution in [0.15, 0.2) is 12.3 Å². The van der Waals surface area contributed by atoms with Crippen LogP contribution in [0.5, 0.6) is 0 Å². The maximum Gasteiger partial charge on any atom is 0.225 e. The maximum absolute atomic E-state index is 9.06. The second-order valence-electron chi connectivity index (χ2n) is 4.69. The van der Waals surface area contributed by atoms with E-state index in [1.165, 1.54) is 0 Å². The molecule has 1 aliphatic heterocycles. The van der Waals surface area contributed by atoms with Crippen molar-refractivity contribution in [1.82, 2.24) is 14.9 Å². The summed E-state index contributed by atoms with van der Waals surface area (Å²) in [5.74, 6) is 0.744. The smallest absolute Gasteiger partial charge is 0.225 e. The predicted octanol–water partition coefficient (Wildman–Crippen LogP) is 0.499. The molecule has 0 bridgehead atoms. The van der Waals surface area contributed by atoms with Crippen LogP contribution in [0.4, 0.5) is 5.95 Å². The van der Waals surface area contributed by atoms with Crippen LogP contribution in [0.1, 0.15) is 18.5 Å². The highest BCUT2D eigenvalue weighted by atomic mass is 16.3. The van der Waals surface area contributed by atoms with Gasteiger partial charge >= 0.3 is 0 Å². The van der Waals surface area contributed by atoms with Gasteiger partial charge in [0.15, 0.2) is 0 Å². The Hall–Kier alpha value is -1.20. The van der Waals surface area contributed by atoms with Gasteiger partial charge in [0.1, 0.15) is 0 Å². The van der Waals surface area contributed by atoms with Crippen molar-refractivity contribution in [2.24, 2.45) is 0 Å². The van der Waals surface area contributed by atoms with Crippen LogP contribution in [0, 0.1) is 0 Å². The first-order valence-electron chi connectivity index (χ1n) is 6.05. The van der Waals surface area contributed by atoms with E-state index in [1.54, 1.807) is 12.3 Å². The minimum atomic E-state index is -0.0241. The number of rotatable bonds is 3. The third kappa shape index (κ3) is 2.92. The second-order valence-corrected chi connectivity index (χ2v) is 4.69. The topological polar surface area (TPSA) is 52.5 Å². The number of hydrogen-bond acceptors (Lipinski definition) is 5. The van der Waals surface area contributed by atoms with Crippen LogP contribution in [0.3, 0.4) is 0 Å². The highest BCUT2D eigenvalue weighted by molar-refractivity contribution is 5.30. The molecule has 1 N–H and O–H groups in total. The van der Waals surface area contributed by atoms with Gasteiger partial charge in [0.25, 0.3) is 0 Å². The van der Waals surface area contributed by atoms with Gasteiger partial charge in [-0.25, -0.2) is 9.97 Å². The van der Waals surface area contributed by atoms with Crippen LogP contribution < -0.4 is 4.90 Å². The van der Waals surface area contributed by atoms with E-state index in [-0.39, 0.29) is 6.61 Å². The fraction of sp³-hybridized carbons (Fsp3) is 0.667. The minimum absolute atomic E-state index is 0.0241. The van der Waals surface area contributed by atoms with Crippen LogP contribution in [0.25, 0.3) is 0 Å². The highest BCUT2D eigenvalue weighted by Gasteiger charge is 2.22. The zero-order valence-electron chi connectivity index (χ0n) is 10.5. The maximum atomic E-state index is 9.06. The second kappa shape index (κ2) is 5.42. The molecule has 0 aliphatic carbocycles. The number of aromatic nitrogens is 2. The van der Waals surface area contributed by atoms with Gasteiger partial charge in [-0.3, -0.25) is 0 Å². The Balaban J connectivity index is 2.00. The molecule has 2 rings (SSSR count). The van der Waals surface area contributed by atoms with Gasteiger partial charge in [0.2, 0.25) is 5.95 Å². The van der Waals surface area contributed by atoms with Gasteiger partial charge in [-0.05, 0) is 33.0 Å². The molecule has 0 saturated carbocycles. The van der Waals surface area contributed by atoms with Crippen molar-refractivity contribution in [3.05, 3.63) is 18.0 Å². The summed E-state index contributed by atoms with van der Waals surface area (Å²) in [5, 5.41) is 9.06. The predicted molar refractivity (Wildman–Crippen MR) is 66.9 cm³/mol. The molecule has 0 atom stereocenters. The molecule has 94 valence electrons. The van der Waals surface area contributed by atoms with E-state index in [0.29, 0.717) is 11.7 Å². The lowest BCUT2D eigenvalue weighted by atomic mass is 10.0. The molecule has 1 aromatic rings. The average molecular weight is 236 g/mol. The molecule has 1 fully saturated rings. The summed E-state index contributed by atoms with van der Waals surface area (Å²) in [7, 11) is 4.26. The molecule has 5 heteroatoms. The normalized spacial score (nSPS) is 17.8. The van der Waals surface area contributed by atoms with E-state index in [1.807, 2.05) is 0 Å². The Bertz CT molecular complexity index is 361. The van der Waals surface area contributed by atoms with Crippen molar-refractivity contribution in [3.63, 3.8) is 0 Å². The van der Waals surface area contributed by atoms with E-state index in [0.717, 1.165) is 31.9 Å². The molecule has 0 spiro atoms. The van der Waals surface area contributed by atoms with Crippen LogP contribution in [-0.2, 0) is 6.61 Å². The third-order valence-electron chi connectivity index (χ3n) is 3.34. The lowest BCUT2D eigenvalue weighted by Gasteiger charge is -2.35. The lowest BCUT2D eigenvalue weighted by molar-refractivity contribution is 0.248. The van der Waals surface area contributed by atoms with Gasteiger partial charge in [0, 0.05) is 25.3 Å². The molecule has 1 saturated heterocycles. The van der Waals surface area contributed by atoms with Crippen molar-refractivity contribution in [1.29, 1.82) is 0 Å². The molecule has 1 aliphatic rings. The summed E-state index contributed by atoms with van der Waals surface area (Å²) in [6.07, 6.45) is 3.99. The molecule has 17 heavy (non-hydrogen) atoms. The fourth-order valence-corrected chi connectivity index (χ4v) is 2.21. The van der Waals surface area contributed by atoms with E-state index in [2.05, 4.69) is 33.9 Å². The Morgan fingerprint density at radius 2 is 2.12 bits per heavy atom. The lowest BCUT2D eigenvalue weighted by Crippen LogP contribution is -2.42.